The predicted octanol–water partition coefficient (Wildman–Crippen LogP) is 4.50. The molecule has 0 bridgehead atoms. The number of hydrogen-bond donors (Lipinski definition) is 1. The largest absolute Gasteiger partial charge is 0.342 e. The quantitative estimate of drug-likeness (QED) is 0.875. The molecule has 1 fully saturated rings. The van der Waals surface area contributed by atoms with E-state index in [0.717, 1.165) is 17.8 Å². The lowest BCUT2D eigenvalue weighted by molar-refractivity contribution is 0.627. The highest BCUT2D eigenvalue weighted by molar-refractivity contribution is 6.31. The van der Waals surface area contributed by atoms with Crippen molar-refractivity contribution in [1.29, 1.82) is 0 Å². The van der Waals surface area contributed by atoms with E-state index in [1.54, 1.807) is 17.0 Å². The molecule has 1 aliphatic rings. The van der Waals surface area contributed by atoms with E-state index in [-0.39, 0.29) is 5.82 Å². The van der Waals surface area contributed by atoms with Gasteiger partial charge in [0.25, 0.3) is 0 Å². The molecule has 2 nitrogen and oxygen atoms in total. The SMILES string of the molecule is CN(c1ccc(CNC2CC2)c(Cl)c1)c1ccccc1F. The molecular formula is C17H18ClFN2. The molecule has 1 aliphatic carbocycles. The molecule has 2 aromatic rings. The van der Waals surface area contributed by atoms with E-state index < -0.39 is 0 Å². The van der Waals surface area contributed by atoms with Gasteiger partial charge in [-0.25, -0.2) is 4.39 Å². The fourth-order valence-corrected chi connectivity index (χ4v) is 2.53. The van der Waals surface area contributed by atoms with E-state index in [2.05, 4.69) is 5.32 Å². The fraction of sp³-hybridized carbons (Fsp3) is 0.294. The van der Waals surface area contributed by atoms with Crippen LogP contribution in [0.4, 0.5) is 15.8 Å². The highest BCUT2D eigenvalue weighted by Crippen LogP contribution is 2.30. The van der Waals surface area contributed by atoms with Gasteiger partial charge in [0.15, 0.2) is 0 Å². The molecular weight excluding hydrogens is 287 g/mol. The average molecular weight is 305 g/mol. The van der Waals surface area contributed by atoms with Gasteiger partial charge in [0.2, 0.25) is 0 Å². The van der Waals surface area contributed by atoms with Crippen LogP contribution < -0.4 is 10.2 Å². The van der Waals surface area contributed by atoms with E-state index in [1.165, 1.54) is 18.9 Å². The number of benzene rings is 2. The summed E-state index contributed by atoms with van der Waals surface area (Å²) in [5.74, 6) is -0.240. The van der Waals surface area contributed by atoms with Crippen molar-refractivity contribution >= 4 is 23.0 Å². The zero-order valence-corrected chi connectivity index (χ0v) is 12.7. The van der Waals surface area contributed by atoms with Crippen molar-refractivity contribution in [1.82, 2.24) is 5.32 Å². The van der Waals surface area contributed by atoms with Gasteiger partial charge >= 0.3 is 0 Å². The third-order valence-corrected chi connectivity index (χ3v) is 4.15. The number of hydrogen-bond acceptors (Lipinski definition) is 2. The molecule has 1 N–H and O–H groups in total. The molecule has 0 amide bonds. The number of halogens is 2. The van der Waals surface area contributed by atoms with Gasteiger partial charge in [0, 0.05) is 30.3 Å². The Bertz CT molecular complexity index is 640. The summed E-state index contributed by atoms with van der Waals surface area (Å²) < 4.78 is 13.8. The van der Waals surface area contributed by atoms with Gasteiger partial charge in [0.1, 0.15) is 5.82 Å². The Morgan fingerprint density at radius 3 is 2.67 bits per heavy atom. The van der Waals surface area contributed by atoms with Crippen LogP contribution in [0.25, 0.3) is 0 Å². The first-order valence-electron chi connectivity index (χ1n) is 7.15. The molecule has 0 spiro atoms. The van der Waals surface area contributed by atoms with Crippen LogP contribution >= 0.6 is 11.6 Å². The zero-order valence-electron chi connectivity index (χ0n) is 11.9. The Labute approximate surface area is 129 Å². The van der Waals surface area contributed by atoms with Crippen LogP contribution in [0.2, 0.25) is 5.02 Å². The normalized spacial score (nSPS) is 14.2. The van der Waals surface area contributed by atoms with E-state index in [4.69, 9.17) is 11.6 Å². The van der Waals surface area contributed by atoms with E-state index >= 15 is 0 Å². The van der Waals surface area contributed by atoms with Gasteiger partial charge in [-0.15, -0.1) is 0 Å². The van der Waals surface area contributed by atoms with Gasteiger partial charge in [-0.1, -0.05) is 29.8 Å². The number of nitrogens with one attached hydrogen (secondary N) is 1. The standard InChI is InChI=1S/C17H18ClFN2/c1-21(17-5-3-2-4-16(17)19)14-9-6-12(15(18)10-14)11-20-13-7-8-13/h2-6,9-10,13,20H,7-8,11H2,1H3. The van der Waals surface area contributed by atoms with Gasteiger partial charge < -0.3 is 10.2 Å². The van der Waals surface area contributed by atoms with Crippen LogP contribution in [0.1, 0.15) is 18.4 Å². The minimum Gasteiger partial charge on any atom is -0.342 e. The molecule has 21 heavy (non-hydrogen) atoms. The molecule has 0 unspecified atom stereocenters. The number of rotatable bonds is 5. The smallest absolute Gasteiger partial charge is 0.146 e. The fourth-order valence-electron chi connectivity index (χ4n) is 2.29. The summed E-state index contributed by atoms with van der Waals surface area (Å²) in [4.78, 5) is 1.80. The highest BCUT2D eigenvalue weighted by atomic mass is 35.5. The monoisotopic (exact) mass is 304 g/mol. The summed E-state index contributed by atoms with van der Waals surface area (Å²) in [6, 6.07) is 13.2. The second kappa shape index (κ2) is 6.04. The Morgan fingerprint density at radius 1 is 1.24 bits per heavy atom. The van der Waals surface area contributed by atoms with Crippen molar-refractivity contribution in [3.05, 3.63) is 58.9 Å². The van der Waals surface area contributed by atoms with Gasteiger partial charge in [-0.3, -0.25) is 0 Å². The van der Waals surface area contributed by atoms with Crippen molar-refractivity contribution in [3.63, 3.8) is 0 Å². The maximum absolute atomic E-state index is 13.8. The molecule has 3 rings (SSSR count). The minimum absolute atomic E-state index is 0.240. The van der Waals surface area contributed by atoms with Crippen LogP contribution in [0, 0.1) is 5.82 Å². The summed E-state index contributed by atoms with van der Waals surface area (Å²) in [6.45, 7) is 0.785. The molecule has 0 heterocycles. The van der Waals surface area contributed by atoms with Crippen molar-refractivity contribution in [3.8, 4) is 0 Å². The predicted molar refractivity (Wildman–Crippen MR) is 85.8 cm³/mol. The van der Waals surface area contributed by atoms with E-state index in [0.29, 0.717) is 16.8 Å². The van der Waals surface area contributed by atoms with Crippen LogP contribution in [0.3, 0.4) is 0 Å². The molecule has 4 heteroatoms. The highest BCUT2D eigenvalue weighted by Gasteiger charge is 2.20. The van der Waals surface area contributed by atoms with Gasteiger partial charge in [0.05, 0.1) is 5.69 Å². The third-order valence-electron chi connectivity index (χ3n) is 3.80. The topological polar surface area (TPSA) is 15.3 Å². The van der Waals surface area contributed by atoms with Crippen LogP contribution in [-0.2, 0) is 6.54 Å². The second-order valence-electron chi connectivity index (χ2n) is 5.44. The molecule has 0 aliphatic heterocycles. The van der Waals surface area contributed by atoms with Crippen molar-refractivity contribution in [2.45, 2.75) is 25.4 Å². The van der Waals surface area contributed by atoms with Crippen molar-refractivity contribution in [2.75, 3.05) is 11.9 Å². The lowest BCUT2D eigenvalue weighted by Gasteiger charge is -2.21. The molecule has 0 aromatic heterocycles. The summed E-state index contributed by atoms with van der Waals surface area (Å²) in [5, 5.41) is 4.16. The Morgan fingerprint density at radius 2 is 2.00 bits per heavy atom. The van der Waals surface area contributed by atoms with Crippen LogP contribution in [0.5, 0.6) is 0 Å². The van der Waals surface area contributed by atoms with Crippen LogP contribution in [-0.4, -0.2) is 13.1 Å². The number of nitrogens with zero attached hydrogens (tertiary/aromatic N) is 1. The lowest BCUT2D eigenvalue weighted by Crippen LogP contribution is -2.16. The van der Waals surface area contributed by atoms with E-state index in [9.17, 15) is 4.39 Å². The first kappa shape index (κ1) is 14.4. The Kier molecular flexibility index (Phi) is 4.13. The maximum Gasteiger partial charge on any atom is 0.146 e. The Hall–Kier alpha value is -1.58. The number of anilines is 2. The lowest BCUT2D eigenvalue weighted by atomic mass is 10.1. The molecule has 0 saturated heterocycles. The molecule has 0 atom stereocenters. The zero-order chi connectivity index (χ0) is 14.8. The third kappa shape index (κ3) is 3.36. The molecule has 1 saturated carbocycles. The summed E-state index contributed by atoms with van der Waals surface area (Å²) in [5.41, 5.74) is 2.49. The van der Waals surface area contributed by atoms with Gasteiger partial charge in [-0.05, 0) is 42.7 Å². The van der Waals surface area contributed by atoms with Crippen molar-refractivity contribution < 1.29 is 4.39 Å². The molecule has 110 valence electrons. The molecule has 0 radical (unpaired) electrons. The van der Waals surface area contributed by atoms with Crippen LogP contribution in [0.15, 0.2) is 42.5 Å². The van der Waals surface area contributed by atoms with E-state index in [1.807, 2.05) is 31.3 Å². The molecule has 2 aromatic carbocycles. The first-order chi connectivity index (χ1) is 10.1. The minimum atomic E-state index is -0.240. The van der Waals surface area contributed by atoms with Gasteiger partial charge in [-0.2, -0.15) is 0 Å². The summed E-state index contributed by atoms with van der Waals surface area (Å²) in [7, 11) is 1.84. The summed E-state index contributed by atoms with van der Waals surface area (Å²) in [6.07, 6.45) is 2.51. The summed E-state index contributed by atoms with van der Waals surface area (Å²) >= 11 is 6.34. The van der Waals surface area contributed by atoms with Crippen molar-refractivity contribution in [2.24, 2.45) is 0 Å². The average Bonchev–Trinajstić information content (AvgIpc) is 3.30. The number of para-hydroxylation sites is 1. The second-order valence-corrected chi connectivity index (χ2v) is 5.85. The Balaban J connectivity index is 1.78. The first-order valence-corrected chi connectivity index (χ1v) is 7.53. The maximum atomic E-state index is 13.8.